The van der Waals surface area contributed by atoms with Crippen molar-refractivity contribution in [3.05, 3.63) is 85.1 Å². The molecular formula is C75H137N2O7P. The van der Waals surface area contributed by atoms with Crippen molar-refractivity contribution in [3.63, 3.8) is 0 Å². The van der Waals surface area contributed by atoms with Gasteiger partial charge in [0.1, 0.15) is 19.3 Å². The molecule has 85 heavy (non-hydrogen) atoms. The summed E-state index contributed by atoms with van der Waals surface area (Å²) >= 11 is 0. The van der Waals surface area contributed by atoms with Gasteiger partial charge < -0.3 is 28.5 Å². The van der Waals surface area contributed by atoms with E-state index in [1.165, 1.54) is 193 Å². The number of carbonyl (C=O) groups excluding carboxylic acids is 2. The quantitative estimate of drug-likeness (QED) is 0.0212. The van der Waals surface area contributed by atoms with Crippen molar-refractivity contribution in [1.29, 1.82) is 0 Å². The molecule has 10 heteroatoms. The minimum absolute atomic E-state index is 0.0268. The molecular weight excluding hydrogens is 1070 g/mol. The standard InChI is InChI=1S/C75H137N2O7P/c1-7-10-13-16-19-22-25-27-29-31-33-35-37-38-40-42-44-46-48-50-53-56-59-62-65-68-75(79)84-73(66-63-60-57-54-51-24-21-18-15-12-9-3)72(71-83-85(80,81)82-70-69-77(4,5)6)76-74(78)67-64-61-58-55-52-49-47-45-43-41-39-36-34-32-30-28-26-23-20-17-14-11-8-2/h11,14,20,23,27-30,34,36,41,43,63,66,72-73H,7-10,12-13,15-19,21-22,24-26,31-33,35,37-40,42,44-62,64-65,67-71H2,1-6H3,(H-,76,78,80,81)/b14-11-,23-20-,29-27+,30-28-,36-34-,43-41-,66-63+. The van der Waals surface area contributed by atoms with Crippen LogP contribution in [0.5, 0.6) is 0 Å². The van der Waals surface area contributed by atoms with Crippen molar-refractivity contribution in [3.8, 4) is 0 Å². The number of nitrogens with one attached hydrogen (secondary N) is 1. The molecule has 3 unspecified atom stereocenters. The SMILES string of the molecule is CC/C=C\C/C=C\C/C=C\C/C=C\C/C=C\CCCCCCCCCC(=O)NC(COP(=O)([O-])OCC[N+](C)(C)C)C(/C=C/CCCCCCCCCCC)OC(=O)CCCCCCCCCCCCCCCCC/C=C/CCCCCCCC. The summed E-state index contributed by atoms with van der Waals surface area (Å²) in [6, 6.07) is -0.898. The fraction of sp³-hybridized carbons (Fsp3) is 0.787. The van der Waals surface area contributed by atoms with Crippen molar-refractivity contribution in [2.24, 2.45) is 0 Å². The number of amides is 1. The molecule has 0 fully saturated rings. The lowest BCUT2D eigenvalue weighted by atomic mass is 10.0. The van der Waals surface area contributed by atoms with E-state index < -0.39 is 26.6 Å². The number of hydrogen-bond donors (Lipinski definition) is 1. The summed E-state index contributed by atoms with van der Waals surface area (Å²) in [5.74, 6) is -0.547. The van der Waals surface area contributed by atoms with Crippen LogP contribution >= 0.6 is 7.82 Å². The number of esters is 1. The topological polar surface area (TPSA) is 114 Å². The first-order chi connectivity index (χ1) is 41.4. The number of ether oxygens (including phenoxy) is 1. The molecule has 0 aliphatic heterocycles. The molecule has 0 spiro atoms. The molecule has 1 amide bonds. The van der Waals surface area contributed by atoms with Gasteiger partial charge in [-0.1, -0.05) is 299 Å². The highest BCUT2D eigenvalue weighted by atomic mass is 31.2. The van der Waals surface area contributed by atoms with E-state index >= 15 is 0 Å². The maximum atomic E-state index is 13.6. The fourth-order valence-corrected chi connectivity index (χ4v) is 11.0. The molecule has 3 atom stereocenters. The minimum atomic E-state index is -4.71. The minimum Gasteiger partial charge on any atom is -0.756 e. The summed E-state index contributed by atoms with van der Waals surface area (Å²) in [5.41, 5.74) is 0. The van der Waals surface area contributed by atoms with Gasteiger partial charge in [0, 0.05) is 12.8 Å². The molecule has 0 heterocycles. The Morgan fingerprint density at radius 2 is 0.753 bits per heavy atom. The number of phosphoric acid groups is 1. The second-order valence-electron chi connectivity index (χ2n) is 25.4. The third kappa shape index (κ3) is 65.5. The summed E-state index contributed by atoms with van der Waals surface area (Å²) in [6.07, 6.45) is 85.7. The predicted octanol–water partition coefficient (Wildman–Crippen LogP) is 22.3. The lowest BCUT2D eigenvalue weighted by molar-refractivity contribution is -0.870. The molecule has 1 N–H and O–H groups in total. The predicted molar refractivity (Wildman–Crippen MR) is 367 cm³/mol. The van der Waals surface area contributed by atoms with Crippen LogP contribution in [0.25, 0.3) is 0 Å². The van der Waals surface area contributed by atoms with Gasteiger partial charge in [0.2, 0.25) is 5.91 Å². The van der Waals surface area contributed by atoms with E-state index in [1.807, 2.05) is 33.3 Å². The van der Waals surface area contributed by atoms with E-state index in [-0.39, 0.29) is 24.9 Å². The maximum absolute atomic E-state index is 13.6. The maximum Gasteiger partial charge on any atom is 0.306 e. The molecule has 0 radical (unpaired) electrons. The van der Waals surface area contributed by atoms with Crippen LogP contribution in [-0.4, -0.2) is 69.4 Å². The zero-order chi connectivity index (χ0) is 62.1. The molecule has 0 aliphatic carbocycles. The number of hydrogen-bond acceptors (Lipinski definition) is 7. The zero-order valence-electron chi connectivity index (χ0n) is 56.6. The van der Waals surface area contributed by atoms with E-state index in [0.29, 0.717) is 17.4 Å². The monoisotopic (exact) mass is 1210 g/mol. The lowest BCUT2D eigenvalue weighted by Gasteiger charge is -2.30. The van der Waals surface area contributed by atoms with Crippen molar-refractivity contribution >= 4 is 19.7 Å². The van der Waals surface area contributed by atoms with Crippen LogP contribution in [-0.2, 0) is 27.9 Å². The summed E-state index contributed by atoms with van der Waals surface area (Å²) < 4.78 is 30.4. The Labute approximate surface area is 526 Å². The third-order valence-electron chi connectivity index (χ3n) is 15.8. The number of rotatable bonds is 65. The van der Waals surface area contributed by atoms with Crippen LogP contribution < -0.4 is 10.2 Å². The van der Waals surface area contributed by atoms with Crippen LogP contribution in [0.2, 0.25) is 0 Å². The number of nitrogens with zero attached hydrogens (tertiary/aromatic N) is 1. The highest BCUT2D eigenvalue weighted by Gasteiger charge is 2.27. The van der Waals surface area contributed by atoms with Gasteiger partial charge in [-0.3, -0.25) is 14.2 Å². The first-order valence-electron chi connectivity index (χ1n) is 35.9. The van der Waals surface area contributed by atoms with Gasteiger partial charge in [-0.2, -0.15) is 0 Å². The molecule has 494 valence electrons. The Bertz CT molecular complexity index is 1730. The van der Waals surface area contributed by atoms with E-state index in [1.54, 1.807) is 0 Å². The second-order valence-corrected chi connectivity index (χ2v) is 26.8. The Morgan fingerprint density at radius 1 is 0.424 bits per heavy atom. The molecule has 0 aliphatic rings. The second kappa shape index (κ2) is 64.2. The van der Waals surface area contributed by atoms with E-state index in [0.717, 1.165) is 103 Å². The number of phosphoric ester groups is 1. The van der Waals surface area contributed by atoms with Crippen LogP contribution in [0, 0.1) is 0 Å². The van der Waals surface area contributed by atoms with Gasteiger partial charge >= 0.3 is 5.97 Å². The molecule has 0 saturated heterocycles. The number of allylic oxidation sites excluding steroid dienone is 13. The number of unbranched alkanes of at least 4 members (excludes halogenated alkanes) is 37. The van der Waals surface area contributed by atoms with Gasteiger partial charge in [0.25, 0.3) is 7.82 Å². The van der Waals surface area contributed by atoms with Crippen molar-refractivity contribution in [1.82, 2.24) is 5.32 Å². The van der Waals surface area contributed by atoms with Crippen molar-refractivity contribution in [2.45, 2.75) is 341 Å². The van der Waals surface area contributed by atoms with Crippen LogP contribution in [0.3, 0.4) is 0 Å². The third-order valence-corrected chi connectivity index (χ3v) is 16.8. The molecule has 0 aromatic heterocycles. The summed E-state index contributed by atoms with van der Waals surface area (Å²) in [7, 11) is 1.18. The van der Waals surface area contributed by atoms with Crippen LogP contribution in [0.15, 0.2) is 85.1 Å². The average molecular weight is 1210 g/mol. The van der Waals surface area contributed by atoms with Gasteiger partial charge in [0.15, 0.2) is 0 Å². The first-order valence-corrected chi connectivity index (χ1v) is 37.4. The van der Waals surface area contributed by atoms with E-state index in [9.17, 15) is 19.0 Å². The molecule has 9 nitrogen and oxygen atoms in total. The zero-order valence-corrected chi connectivity index (χ0v) is 57.4. The fourth-order valence-electron chi connectivity index (χ4n) is 10.3. The number of quaternary nitrogens is 1. The Hall–Kier alpha value is -2.81. The normalized spacial score (nSPS) is 14.0. The van der Waals surface area contributed by atoms with E-state index in [2.05, 4.69) is 99.0 Å². The largest absolute Gasteiger partial charge is 0.756 e. The average Bonchev–Trinajstić information content (AvgIpc) is 3.62. The molecule has 0 saturated carbocycles. The Balaban J connectivity index is 5.02. The van der Waals surface area contributed by atoms with Crippen molar-refractivity contribution < 1.29 is 37.3 Å². The van der Waals surface area contributed by atoms with Crippen LogP contribution in [0.4, 0.5) is 0 Å². The smallest absolute Gasteiger partial charge is 0.306 e. The van der Waals surface area contributed by atoms with Gasteiger partial charge in [-0.05, 0) is 102 Å². The lowest BCUT2D eigenvalue weighted by Crippen LogP contribution is -2.47. The number of carbonyl (C=O) groups is 2. The molecule has 0 rings (SSSR count). The van der Waals surface area contributed by atoms with Gasteiger partial charge in [-0.15, -0.1) is 0 Å². The first kappa shape index (κ1) is 82.2. The molecule has 0 bridgehead atoms. The van der Waals surface area contributed by atoms with Gasteiger partial charge in [-0.25, -0.2) is 0 Å². The summed E-state index contributed by atoms with van der Waals surface area (Å²) in [5, 5.41) is 3.04. The molecule has 0 aromatic carbocycles. The van der Waals surface area contributed by atoms with Crippen LogP contribution in [0.1, 0.15) is 329 Å². The Kier molecular flexibility index (Phi) is 62.1. The molecule has 0 aromatic rings. The summed E-state index contributed by atoms with van der Waals surface area (Å²) in [4.78, 5) is 40.2. The summed E-state index contributed by atoms with van der Waals surface area (Å²) in [6.45, 7) is 6.74. The van der Waals surface area contributed by atoms with E-state index in [4.69, 9.17) is 13.8 Å². The van der Waals surface area contributed by atoms with Crippen molar-refractivity contribution in [2.75, 3.05) is 40.9 Å². The van der Waals surface area contributed by atoms with Gasteiger partial charge in [0.05, 0.1) is 33.8 Å². The number of likely N-dealkylation sites (N-methyl/N-ethyl adjacent to an activating group) is 1. The highest BCUT2D eigenvalue weighted by molar-refractivity contribution is 7.45. The Morgan fingerprint density at radius 3 is 1.14 bits per heavy atom. The highest BCUT2D eigenvalue weighted by Crippen LogP contribution is 2.38.